The topological polar surface area (TPSA) is 76.9 Å². The summed E-state index contributed by atoms with van der Waals surface area (Å²) in [7, 11) is 0. The Morgan fingerprint density at radius 2 is 1.96 bits per heavy atom. The molecular weight excluding hydrogens is 360 g/mol. The van der Waals surface area contributed by atoms with Crippen LogP contribution in [0, 0.1) is 17.2 Å². The molecule has 7 heteroatoms. The maximum Gasteiger partial charge on any atom is 0.236 e. The summed E-state index contributed by atoms with van der Waals surface area (Å²) in [5.74, 6) is 2.42. The summed E-state index contributed by atoms with van der Waals surface area (Å²) in [5, 5.41) is 16.8. The largest absolute Gasteiger partial charge is 0.364 e. The van der Waals surface area contributed by atoms with Crippen LogP contribution in [-0.4, -0.2) is 23.2 Å². The number of nitrogens with zero attached hydrogens (tertiary/aromatic N) is 4. The van der Waals surface area contributed by atoms with Crippen molar-refractivity contribution in [1.29, 1.82) is 5.26 Å². The zero-order chi connectivity index (χ0) is 18.6. The first-order valence-electron chi connectivity index (χ1n) is 9.52. The van der Waals surface area contributed by atoms with Gasteiger partial charge in [0.05, 0.1) is 6.67 Å². The highest BCUT2D eigenvalue weighted by Crippen LogP contribution is 2.37. The van der Waals surface area contributed by atoms with E-state index in [1.165, 1.54) is 32.1 Å². The highest BCUT2D eigenvalue weighted by atomic mass is 35.5. The van der Waals surface area contributed by atoms with Gasteiger partial charge in [-0.1, -0.05) is 43.0 Å². The summed E-state index contributed by atoms with van der Waals surface area (Å²) < 4.78 is 0. The quantitative estimate of drug-likeness (QED) is 0.798. The van der Waals surface area contributed by atoms with Crippen LogP contribution in [0.4, 0.5) is 17.3 Å². The molecule has 1 aromatic heterocycles. The highest BCUT2D eigenvalue weighted by molar-refractivity contribution is 6.30. The van der Waals surface area contributed by atoms with Crippen molar-refractivity contribution < 1.29 is 0 Å². The van der Waals surface area contributed by atoms with Gasteiger partial charge in [0.2, 0.25) is 5.82 Å². The van der Waals surface area contributed by atoms with Gasteiger partial charge >= 0.3 is 0 Å². The molecule has 2 N–H and O–H groups in total. The molecule has 1 saturated carbocycles. The van der Waals surface area contributed by atoms with E-state index in [2.05, 4.69) is 31.6 Å². The molecule has 2 aromatic rings. The van der Waals surface area contributed by atoms with Crippen LogP contribution in [0.25, 0.3) is 0 Å². The molecule has 1 fully saturated rings. The average Bonchev–Trinajstić information content (AvgIpc) is 3.11. The lowest BCUT2D eigenvalue weighted by atomic mass is 9.89. The Hall–Kier alpha value is -2.52. The number of hydrogen-bond donors (Lipinski definition) is 2. The van der Waals surface area contributed by atoms with Crippen LogP contribution in [0.1, 0.15) is 43.5 Å². The maximum absolute atomic E-state index is 9.36. The van der Waals surface area contributed by atoms with Crippen LogP contribution in [0.3, 0.4) is 0 Å². The zero-order valence-electron chi connectivity index (χ0n) is 15.2. The Kier molecular flexibility index (Phi) is 5.30. The molecule has 1 aliphatic carbocycles. The number of halogens is 1. The van der Waals surface area contributed by atoms with Crippen molar-refractivity contribution in [3.8, 4) is 6.07 Å². The lowest BCUT2D eigenvalue weighted by Gasteiger charge is -2.27. The van der Waals surface area contributed by atoms with Crippen molar-refractivity contribution >= 4 is 28.9 Å². The molecule has 2 heterocycles. The Labute approximate surface area is 164 Å². The number of nitrogens with one attached hydrogen (secondary N) is 2. The Balaban J connectivity index is 1.52. The molecule has 1 aliphatic heterocycles. The molecule has 0 radical (unpaired) electrons. The minimum atomic E-state index is 0.199. The molecule has 0 spiro atoms. The minimum Gasteiger partial charge on any atom is -0.364 e. The van der Waals surface area contributed by atoms with Gasteiger partial charge in [-0.2, -0.15) is 15.2 Å². The number of fused-ring (bicyclic) bond motifs is 1. The summed E-state index contributed by atoms with van der Waals surface area (Å²) in [5.41, 5.74) is 1.99. The first kappa shape index (κ1) is 17.9. The van der Waals surface area contributed by atoms with Gasteiger partial charge in [0.1, 0.15) is 11.8 Å². The van der Waals surface area contributed by atoms with E-state index in [0.29, 0.717) is 30.0 Å². The van der Waals surface area contributed by atoms with Crippen molar-refractivity contribution in [2.24, 2.45) is 5.92 Å². The fraction of sp³-hybridized carbons (Fsp3) is 0.450. The van der Waals surface area contributed by atoms with E-state index in [1.54, 1.807) is 0 Å². The van der Waals surface area contributed by atoms with Crippen molar-refractivity contribution in [1.82, 2.24) is 9.97 Å². The third kappa shape index (κ3) is 4.09. The van der Waals surface area contributed by atoms with Crippen LogP contribution in [0.15, 0.2) is 24.3 Å². The molecule has 0 unspecified atom stereocenters. The smallest absolute Gasteiger partial charge is 0.236 e. The van der Waals surface area contributed by atoms with Gasteiger partial charge in [0.25, 0.3) is 0 Å². The Bertz CT molecular complexity index is 839. The number of nitriles is 1. The number of rotatable bonds is 5. The van der Waals surface area contributed by atoms with Crippen molar-refractivity contribution in [3.63, 3.8) is 0 Å². The van der Waals surface area contributed by atoms with Gasteiger partial charge in [-0.05, 0) is 36.5 Å². The lowest BCUT2D eigenvalue weighted by molar-refractivity contribution is 0.360. The standard InChI is InChI=1S/C20H23ClN6/c21-16-8-6-14(7-9-16)11-23-19-18-20(26-17(10-22)25-19)27(13-24-18)12-15-4-2-1-3-5-15/h6-9,15,24H,1-5,11-13H2,(H,23,25,26). The van der Waals surface area contributed by atoms with Gasteiger partial charge < -0.3 is 15.5 Å². The molecule has 27 heavy (non-hydrogen) atoms. The summed E-state index contributed by atoms with van der Waals surface area (Å²) in [6, 6.07) is 9.78. The molecule has 2 aliphatic rings. The van der Waals surface area contributed by atoms with Crippen LogP contribution < -0.4 is 15.5 Å². The first-order valence-corrected chi connectivity index (χ1v) is 9.90. The third-order valence-electron chi connectivity index (χ3n) is 5.31. The minimum absolute atomic E-state index is 0.199. The third-order valence-corrected chi connectivity index (χ3v) is 5.56. The second-order valence-electron chi connectivity index (χ2n) is 7.25. The fourth-order valence-corrected chi connectivity index (χ4v) is 4.01. The van der Waals surface area contributed by atoms with E-state index < -0.39 is 0 Å². The van der Waals surface area contributed by atoms with Gasteiger partial charge in [-0.15, -0.1) is 0 Å². The summed E-state index contributed by atoms with van der Waals surface area (Å²) in [4.78, 5) is 11.1. The molecule has 1 aromatic carbocycles. The Morgan fingerprint density at radius 1 is 1.19 bits per heavy atom. The predicted octanol–water partition coefficient (Wildman–Crippen LogP) is 4.38. The van der Waals surface area contributed by atoms with Crippen molar-refractivity contribution in [2.75, 3.05) is 28.7 Å². The molecule has 6 nitrogen and oxygen atoms in total. The van der Waals surface area contributed by atoms with Gasteiger partial charge in [-0.3, -0.25) is 0 Å². The van der Waals surface area contributed by atoms with Crippen molar-refractivity contribution in [3.05, 3.63) is 40.7 Å². The van der Waals surface area contributed by atoms with Crippen LogP contribution in [-0.2, 0) is 6.54 Å². The number of hydrogen-bond acceptors (Lipinski definition) is 6. The molecule has 0 bridgehead atoms. The average molecular weight is 383 g/mol. The van der Waals surface area contributed by atoms with Crippen LogP contribution in [0.5, 0.6) is 0 Å². The van der Waals surface area contributed by atoms with E-state index in [-0.39, 0.29) is 5.82 Å². The molecule has 0 atom stereocenters. The van der Waals surface area contributed by atoms with E-state index in [0.717, 1.165) is 23.6 Å². The lowest BCUT2D eigenvalue weighted by Crippen LogP contribution is -2.30. The Morgan fingerprint density at radius 3 is 2.70 bits per heavy atom. The maximum atomic E-state index is 9.36. The van der Waals surface area contributed by atoms with Crippen LogP contribution >= 0.6 is 11.6 Å². The summed E-state index contributed by atoms with van der Waals surface area (Å²) in [6.07, 6.45) is 6.55. The van der Waals surface area contributed by atoms with E-state index in [9.17, 15) is 5.26 Å². The number of benzene rings is 1. The van der Waals surface area contributed by atoms with Gasteiger partial charge in [0.15, 0.2) is 11.6 Å². The number of aromatic nitrogens is 2. The normalized spacial score (nSPS) is 16.5. The zero-order valence-corrected chi connectivity index (χ0v) is 16.0. The summed E-state index contributed by atoms with van der Waals surface area (Å²) >= 11 is 5.95. The predicted molar refractivity (Wildman–Crippen MR) is 108 cm³/mol. The first-order chi connectivity index (χ1) is 13.2. The monoisotopic (exact) mass is 382 g/mol. The van der Waals surface area contributed by atoms with Gasteiger partial charge in [-0.25, -0.2) is 0 Å². The summed E-state index contributed by atoms with van der Waals surface area (Å²) in [6.45, 7) is 2.30. The second-order valence-corrected chi connectivity index (χ2v) is 7.68. The molecular formula is C20H23ClN6. The number of anilines is 3. The van der Waals surface area contributed by atoms with E-state index in [4.69, 9.17) is 11.6 Å². The SMILES string of the molecule is N#Cc1nc(NCc2ccc(Cl)cc2)c2c(n1)N(CC1CCCCC1)CN2. The molecule has 0 saturated heterocycles. The highest BCUT2D eigenvalue weighted by Gasteiger charge is 2.28. The van der Waals surface area contributed by atoms with Crippen molar-refractivity contribution in [2.45, 2.75) is 38.6 Å². The van der Waals surface area contributed by atoms with E-state index >= 15 is 0 Å². The molecule has 4 rings (SSSR count). The van der Waals surface area contributed by atoms with Crippen LogP contribution in [0.2, 0.25) is 5.02 Å². The molecule has 140 valence electrons. The molecule has 0 amide bonds. The van der Waals surface area contributed by atoms with Gasteiger partial charge in [0, 0.05) is 18.1 Å². The second kappa shape index (κ2) is 8.01. The van der Waals surface area contributed by atoms with E-state index in [1.807, 2.05) is 24.3 Å². The fourth-order valence-electron chi connectivity index (χ4n) is 3.89.